The van der Waals surface area contributed by atoms with Gasteiger partial charge in [0.25, 0.3) is 0 Å². The van der Waals surface area contributed by atoms with E-state index < -0.39 is 0 Å². The minimum absolute atomic E-state index is 0.00200. The Hall–Kier alpha value is -1.06. The molecule has 0 aromatic heterocycles. The second-order valence-corrected chi connectivity index (χ2v) is 4.61. The van der Waals surface area contributed by atoms with Crippen molar-refractivity contribution >= 4 is 0 Å². The zero-order valence-electron chi connectivity index (χ0n) is 9.36. The smallest absolute Gasteiger partial charge is 0.123 e. The summed E-state index contributed by atoms with van der Waals surface area (Å²) >= 11 is 0. The normalized spacial score (nSPS) is 19.7. The standard InChI is InChI=1S/C12H18N2O/c1-12(13)8-14(9-12)7-10-5-3-4-6-11(10)15-2/h3-6H,7-9,13H2,1-2H3. The molecule has 15 heavy (non-hydrogen) atoms. The van der Waals surface area contributed by atoms with Crippen molar-refractivity contribution < 1.29 is 4.74 Å². The zero-order valence-corrected chi connectivity index (χ0v) is 9.36. The van der Waals surface area contributed by atoms with E-state index in [-0.39, 0.29) is 5.54 Å². The average molecular weight is 206 g/mol. The number of rotatable bonds is 3. The van der Waals surface area contributed by atoms with E-state index in [2.05, 4.69) is 17.9 Å². The van der Waals surface area contributed by atoms with E-state index in [0.29, 0.717) is 0 Å². The van der Waals surface area contributed by atoms with Crippen molar-refractivity contribution in [2.75, 3.05) is 20.2 Å². The van der Waals surface area contributed by atoms with Gasteiger partial charge in [0.05, 0.1) is 7.11 Å². The van der Waals surface area contributed by atoms with Crippen LogP contribution in [0.25, 0.3) is 0 Å². The zero-order chi connectivity index (χ0) is 10.9. The quantitative estimate of drug-likeness (QED) is 0.808. The van der Waals surface area contributed by atoms with Crippen molar-refractivity contribution in [1.82, 2.24) is 4.90 Å². The molecule has 1 heterocycles. The summed E-state index contributed by atoms with van der Waals surface area (Å²) in [5.74, 6) is 0.961. The van der Waals surface area contributed by atoms with Crippen LogP contribution >= 0.6 is 0 Å². The lowest BCUT2D eigenvalue weighted by atomic mass is 9.93. The van der Waals surface area contributed by atoms with Gasteiger partial charge in [-0.3, -0.25) is 4.90 Å². The van der Waals surface area contributed by atoms with Gasteiger partial charge in [0.1, 0.15) is 5.75 Å². The number of hydrogen-bond donors (Lipinski definition) is 1. The molecule has 1 aliphatic heterocycles. The summed E-state index contributed by atoms with van der Waals surface area (Å²) in [6, 6.07) is 8.13. The second kappa shape index (κ2) is 3.83. The highest BCUT2D eigenvalue weighted by molar-refractivity contribution is 5.33. The number of nitrogens with two attached hydrogens (primary N) is 1. The van der Waals surface area contributed by atoms with Gasteiger partial charge in [-0.15, -0.1) is 0 Å². The van der Waals surface area contributed by atoms with E-state index in [0.717, 1.165) is 25.4 Å². The van der Waals surface area contributed by atoms with Gasteiger partial charge in [0.15, 0.2) is 0 Å². The first kappa shape index (κ1) is 10.5. The Morgan fingerprint density at radius 1 is 1.40 bits per heavy atom. The van der Waals surface area contributed by atoms with Gasteiger partial charge >= 0.3 is 0 Å². The summed E-state index contributed by atoms with van der Waals surface area (Å²) < 4.78 is 5.31. The van der Waals surface area contributed by atoms with Gasteiger partial charge in [0, 0.05) is 30.7 Å². The van der Waals surface area contributed by atoms with E-state index in [4.69, 9.17) is 10.5 Å². The molecule has 3 heteroatoms. The van der Waals surface area contributed by atoms with Crippen LogP contribution in [0.1, 0.15) is 12.5 Å². The van der Waals surface area contributed by atoms with E-state index in [9.17, 15) is 0 Å². The molecule has 0 radical (unpaired) electrons. The average Bonchev–Trinajstić information content (AvgIpc) is 2.16. The Bertz CT molecular complexity index is 341. The molecule has 0 aliphatic carbocycles. The largest absolute Gasteiger partial charge is 0.496 e. The highest BCUT2D eigenvalue weighted by Gasteiger charge is 2.34. The highest BCUT2D eigenvalue weighted by Crippen LogP contribution is 2.24. The van der Waals surface area contributed by atoms with Crippen molar-refractivity contribution in [2.24, 2.45) is 5.73 Å². The molecule has 0 atom stereocenters. The van der Waals surface area contributed by atoms with Gasteiger partial charge in [-0.1, -0.05) is 18.2 Å². The Kier molecular flexibility index (Phi) is 2.67. The summed E-state index contributed by atoms with van der Waals surface area (Å²) in [5, 5.41) is 0. The molecular weight excluding hydrogens is 188 g/mol. The van der Waals surface area contributed by atoms with Crippen molar-refractivity contribution in [3.05, 3.63) is 29.8 Å². The molecule has 0 spiro atoms. The number of likely N-dealkylation sites (tertiary alicyclic amines) is 1. The lowest BCUT2D eigenvalue weighted by Crippen LogP contribution is -2.64. The minimum atomic E-state index is 0.00200. The maximum absolute atomic E-state index is 5.96. The van der Waals surface area contributed by atoms with Crippen LogP contribution in [0.5, 0.6) is 5.75 Å². The first-order valence-electron chi connectivity index (χ1n) is 5.24. The first-order valence-corrected chi connectivity index (χ1v) is 5.24. The van der Waals surface area contributed by atoms with Crippen LogP contribution in [0.4, 0.5) is 0 Å². The second-order valence-electron chi connectivity index (χ2n) is 4.61. The minimum Gasteiger partial charge on any atom is -0.496 e. The molecule has 3 nitrogen and oxygen atoms in total. The van der Waals surface area contributed by atoms with E-state index in [1.807, 2.05) is 18.2 Å². The molecule has 0 bridgehead atoms. The Labute approximate surface area is 90.8 Å². The van der Waals surface area contributed by atoms with E-state index in [1.54, 1.807) is 7.11 Å². The summed E-state index contributed by atoms with van der Waals surface area (Å²) in [6.07, 6.45) is 0. The van der Waals surface area contributed by atoms with Crippen molar-refractivity contribution in [3.63, 3.8) is 0 Å². The molecule has 0 saturated carbocycles. The van der Waals surface area contributed by atoms with E-state index in [1.165, 1.54) is 5.56 Å². The molecule has 82 valence electrons. The maximum Gasteiger partial charge on any atom is 0.123 e. The fourth-order valence-electron chi connectivity index (χ4n) is 2.16. The summed E-state index contributed by atoms with van der Waals surface area (Å²) in [4.78, 5) is 2.33. The maximum atomic E-state index is 5.96. The summed E-state index contributed by atoms with van der Waals surface area (Å²) in [5.41, 5.74) is 7.20. The number of methoxy groups -OCH3 is 1. The molecule has 1 aliphatic rings. The van der Waals surface area contributed by atoms with Crippen LogP contribution in [0.2, 0.25) is 0 Å². The molecule has 2 N–H and O–H groups in total. The lowest BCUT2D eigenvalue weighted by Gasteiger charge is -2.45. The molecule has 2 rings (SSSR count). The van der Waals surface area contributed by atoms with Crippen LogP contribution in [0.3, 0.4) is 0 Å². The highest BCUT2D eigenvalue weighted by atomic mass is 16.5. The summed E-state index contributed by atoms with van der Waals surface area (Å²) in [6.45, 7) is 4.94. The topological polar surface area (TPSA) is 38.5 Å². The fourth-order valence-corrected chi connectivity index (χ4v) is 2.16. The van der Waals surface area contributed by atoms with Crippen LogP contribution in [0.15, 0.2) is 24.3 Å². The van der Waals surface area contributed by atoms with Gasteiger partial charge in [-0.05, 0) is 13.0 Å². The molecule has 0 unspecified atom stereocenters. The van der Waals surface area contributed by atoms with Crippen LogP contribution in [-0.2, 0) is 6.54 Å². The third kappa shape index (κ3) is 2.30. The molecular formula is C12H18N2O. The Morgan fingerprint density at radius 3 is 2.67 bits per heavy atom. The molecule has 1 aromatic rings. The number of hydrogen-bond acceptors (Lipinski definition) is 3. The fraction of sp³-hybridized carbons (Fsp3) is 0.500. The monoisotopic (exact) mass is 206 g/mol. The SMILES string of the molecule is COc1ccccc1CN1CC(C)(N)C1. The Morgan fingerprint density at radius 2 is 2.07 bits per heavy atom. The van der Waals surface area contributed by atoms with Crippen LogP contribution in [-0.4, -0.2) is 30.6 Å². The molecule has 1 fully saturated rings. The van der Waals surface area contributed by atoms with Gasteiger partial charge in [-0.25, -0.2) is 0 Å². The van der Waals surface area contributed by atoms with Crippen molar-refractivity contribution in [2.45, 2.75) is 19.0 Å². The van der Waals surface area contributed by atoms with Crippen LogP contribution < -0.4 is 10.5 Å². The molecule has 0 amide bonds. The lowest BCUT2D eigenvalue weighted by molar-refractivity contribution is 0.0756. The molecule has 1 saturated heterocycles. The summed E-state index contributed by atoms with van der Waals surface area (Å²) in [7, 11) is 1.71. The number of nitrogens with zero attached hydrogens (tertiary/aromatic N) is 1. The Balaban J connectivity index is 2.00. The predicted molar refractivity (Wildman–Crippen MR) is 60.9 cm³/mol. The van der Waals surface area contributed by atoms with Crippen molar-refractivity contribution in [1.29, 1.82) is 0 Å². The number of para-hydroxylation sites is 1. The third-order valence-corrected chi connectivity index (χ3v) is 2.76. The van der Waals surface area contributed by atoms with Crippen LogP contribution in [0, 0.1) is 0 Å². The van der Waals surface area contributed by atoms with Crippen molar-refractivity contribution in [3.8, 4) is 5.75 Å². The predicted octanol–water partition coefficient (Wildman–Crippen LogP) is 1.23. The van der Waals surface area contributed by atoms with Gasteiger partial charge < -0.3 is 10.5 Å². The number of benzene rings is 1. The third-order valence-electron chi connectivity index (χ3n) is 2.76. The first-order chi connectivity index (χ1) is 7.11. The number of ether oxygens (including phenoxy) is 1. The van der Waals surface area contributed by atoms with Gasteiger partial charge in [0.2, 0.25) is 0 Å². The van der Waals surface area contributed by atoms with E-state index >= 15 is 0 Å². The van der Waals surface area contributed by atoms with Gasteiger partial charge in [-0.2, -0.15) is 0 Å². The molecule has 1 aromatic carbocycles.